The van der Waals surface area contributed by atoms with E-state index in [9.17, 15) is 0 Å². The van der Waals surface area contributed by atoms with Crippen LogP contribution in [0.2, 0.25) is 0 Å². The van der Waals surface area contributed by atoms with Gasteiger partial charge < -0.3 is 4.42 Å². The van der Waals surface area contributed by atoms with Gasteiger partial charge in [0.05, 0.1) is 6.85 Å². The van der Waals surface area contributed by atoms with E-state index in [1.807, 2.05) is 54.6 Å². The SMILES string of the molecule is [2H]c1c([2H])c([2H])c(-c2c3ccccc3c(-c3cc(-c4ccc5oc6ccccc6c5c4-c4ccc(-c5ccccc5)cc4)cc4ccccc34)c3ccccc23)c([2H])c1[2H]. The highest BCUT2D eigenvalue weighted by Crippen LogP contribution is 2.48. The third kappa shape index (κ3) is 5.09. The van der Waals surface area contributed by atoms with Crippen molar-refractivity contribution in [3.05, 3.63) is 206 Å². The Labute approximate surface area is 326 Å². The first-order valence-corrected chi connectivity index (χ1v) is 18.5. The average molecular weight is 704 g/mol. The van der Waals surface area contributed by atoms with Gasteiger partial charge in [-0.15, -0.1) is 0 Å². The maximum atomic E-state index is 9.04. The highest BCUT2D eigenvalue weighted by atomic mass is 16.3. The van der Waals surface area contributed by atoms with E-state index in [-0.39, 0.29) is 29.7 Å². The maximum absolute atomic E-state index is 9.04. The lowest BCUT2D eigenvalue weighted by Gasteiger charge is -2.20. The molecule has 0 radical (unpaired) electrons. The zero-order valence-corrected chi connectivity index (χ0v) is 29.7. The minimum atomic E-state index is -0.407. The van der Waals surface area contributed by atoms with Gasteiger partial charge in [0.2, 0.25) is 0 Å². The van der Waals surface area contributed by atoms with Gasteiger partial charge in [0.1, 0.15) is 11.2 Å². The predicted molar refractivity (Wildman–Crippen MR) is 233 cm³/mol. The van der Waals surface area contributed by atoms with E-state index in [1.165, 1.54) is 0 Å². The van der Waals surface area contributed by atoms with Gasteiger partial charge in [0, 0.05) is 16.3 Å². The fourth-order valence-corrected chi connectivity index (χ4v) is 8.55. The molecule has 1 heterocycles. The summed E-state index contributed by atoms with van der Waals surface area (Å²) in [5.41, 5.74) is 11.1. The second-order valence-electron chi connectivity index (χ2n) is 14.0. The standard InChI is InChI=1S/C54H34O/c1-3-15-35(16-4-1)36-27-29-38(30-28-36)52-42(31-32-50-54(52)47-25-13-14-26-49(47)55-50)40-33-39-19-7-8-20-41(39)48(34-40)53-45-23-11-9-21-43(45)51(37-17-5-2-6-18-37)44-22-10-12-24-46(44)53/h1-34H/i2D,5D,6D,17D,18D. The molecule has 0 aliphatic heterocycles. The average Bonchev–Trinajstić information content (AvgIpc) is 3.69. The molecule has 256 valence electrons. The zero-order valence-electron chi connectivity index (χ0n) is 34.7. The highest BCUT2D eigenvalue weighted by Gasteiger charge is 2.22. The summed E-state index contributed by atoms with van der Waals surface area (Å²) in [5, 5.41) is 7.74. The molecule has 0 fully saturated rings. The molecular weight excluding hydrogens is 665 g/mol. The molecule has 0 aliphatic carbocycles. The molecule has 1 aromatic heterocycles. The molecule has 0 saturated heterocycles. The van der Waals surface area contributed by atoms with E-state index in [0.29, 0.717) is 5.56 Å². The van der Waals surface area contributed by atoms with E-state index in [4.69, 9.17) is 11.3 Å². The smallest absolute Gasteiger partial charge is 0.136 e. The molecule has 10 aromatic carbocycles. The Bertz CT molecular complexity index is 3450. The van der Waals surface area contributed by atoms with Gasteiger partial charge in [-0.25, -0.2) is 0 Å². The van der Waals surface area contributed by atoms with Crippen LogP contribution in [0.1, 0.15) is 6.85 Å². The van der Waals surface area contributed by atoms with Crippen LogP contribution in [0.15, 0.2) is 211 Å². The van der Waals surface area contributed by atoms with Crippen LogP contribution in [-0.4, -0.2) is 0 Å². The summed E-state index contributed by atoms with van der Waals surface area (Å²) in [5.74, 6) is 0. The summed E-state index contributed by atoms with van der Waals surface area (Å²) in [6.45, 7) is 0. The van der Waals surface area contributed by atoms with Crippen LogP contribution < -0.4 is 0 Å². The van der Waals surface area contributed by atoms with Crippen molar-refractivity contribution in [1.29, 1.82) is 0 Å². The number of para-hydroxylation sites is 1. The lowest BCUT2D eigenvalue weighted by atomic mass is 9.83. The second kappa shape index (κ2) is 12.7. The number of hydrogen-bond acceptors (Lipinski definition) is 1. The molecule has 55 heavy (non-hydrogen) atoms. The second-order valence-corrected chi connectivity index (χ2v) is 14.0. The Hall–Kier alpha value is -7.22. The van der Waals surface area contributed by atoms with Gasteiger partial charge >= 0.3 is 0 Å². The molecule has 0 N–H and O–H groups in total. The number of benzene rings is 10. The molecule has 1 heteroatoms. The van der Waals surface area contributed by atoms with Gasteiger partial charge in [-0.3, -0.25) is 0 Å². The van der Waals surface area contributed by atoms with Crippen molar-refractivity contribution in [2.75, 3.05) is 0 Å². The zero-order chi connectivity index (χ0) is 40.6. The van der Waals surface area contributed by atoms with Crippen LogP contribution in [0.25, 0.3) is 110 Å². The third-order valence-corrected chi connectivity index (χ3v) is 10.9. The summed E-state index contributed by atoms with van der Waals surface area (Å²) in [6.07, 6.45) is 0. The first-order chi connectivity index (χ1) is 29.4. The van der Waals surface area contributed by atoms with Crippen molar-refractivity contribution in [1.82, 2.24) is 0 Å². The minimum absolute atomic E-state index is 0.196. The van der Waals surface area contributed by atoms with E-state index < -0.39 is 6.04 Å². The topological polar surface area (TPSA) is 13.1 Å². The lowest BCUT2D eigenvalue weighted by molar-refractivity contribution is 0.669. The van der Waals surface area contributed by atoms with E-state index in [1.54, 1.807) is 0 Å². The summed E-state index contributed by atoms with van der Waals surface area (Å²) < 4.78 is 50.0. The minimum Gasteiger partial charge on any atom is -0.456 e. The summed E-state index contributed by atoms with van der Waals surface area (Å²) in [7, 11) is 0. The Morgan fingerprint density at radius 3 is 1.60 bits per heavy atom. The van der Waals surface area contributed by atoms with Crippen molar-refractivity contribution < 1.29 is 11.3 Å². The van der Waals surface area contributed by atoms with Crippen molar-refractivity contribution in [2.24, 2.45) is 0 Å². The number of rotatable bonds is 5. The quantitative estimate of drug-likeness (QED) is 0.163. The first kappa shape index (κ1) is 26.5. The summed E-state index contributed by atoms with van der Waals surface area (Å²) >= 11 is 0. The molecule has 0 spiro atoms. The first-order valence-electron chi connectivity index (χ1n) is 21.0. The maximum Gasteiger partial charge on any atom is 0.136 e. The van der Waals surface area contributed by atoms with Crippen molar-refractivity contribution in [3.63, 3.8) is 0 Å². The largest absolute Gasteiger partial charge is 0.456 e. The molecule has 0 unspecified atom stereocenters. The van der Waals surface area contributed by atoms with Crippen LogP contribution in [0, 0.1) is 0 Å². The Kier molecular flexibility index (Phi) is 6.14. The summed E-state index contributed by atoms with van der Waals surface area (Å²) in [6, 6.07) is 59.3. The van der Waals surface area contributed by atoms with Crippen LogP contribution >= 0.6 is 0 Å². The third-order valence-electron chi connectivity index (χ3n) is 10.9. The van der Waals surface area contributed by atoms with Gasteiger partial charge in [-0.05, 0) is 107 Å². The highest BCUT2D eigenvalue weighted by molar-refractivity contribution is 6.24. The van der Waals surface area contributed by atoms with Crippen molar-refractivity contribution in [2.45, 2.75) is 0 Å². The molecule has 0 saturated carbocycles. The van der Waals surface area contributed by atoms with Gasteiger partial charge in [0.25, 0.3) is 0 Å². The lowest BCUT2D eigenvalue weighted by Crippen LogP contribution is -1.93. The summed E-state index contributed by atoms with van der Waals surface area (Å²) in [4.78, 5) is 0. The predicted octanol–water partition coefficient (Wildman–Crippen LogP) is 15.4. The van der Waals surface area contributed by atoms with Crippen LogP contribution in [0.5, 0.6) is 0 Å². The molecule has 0 bridgehead atoms. The normalized spacial score (nSPS) is 12.9. The molecule has 0 atom stereocenters. The fourth-order valence-electron chi connectivity index (χ4n) is 8.55. The Morgan fingerprint density at radius 2 is 0.891 bits per heavy atom. The van der Waals surface area contributed by atoms with Crippen molar-refractivity contribution in [3.8, 4) is 55.6 Å². The Morgan fingerprint density at radius 1 is 0.327 bits per heavy atom. The van der Waals surface area contributed by atoms with Crippen LogP contribution in [0.4, 0.5) is 0 Å². The number of furan rings is 1. The van der Waals surface area contributed by atoms with Gasteiger partial charge in [-0.2, -0.15) is 0 Å². The fraction of sp³-hybridized carbons (Fsp3) is 0. The van der Waals surface area contributed by atoms with Gasteiger partial charge in [0.15, 0.2) is 0 Å². The molecule has 11 rings (SSSR count). The molecule has 0 amide bonds. The molecule has 11 aromatic rings. The molecule has 1 nitrogen and oxygen atoms in total. The number of fused-ring (bicyclic) bond motifs is 6. The van der Waals surface area contributed by atoms with Gasteiger partial charge in [-0.1, -0.05) is 182 Å². The van der Waals surface area contributed by atoms with E-state index in [0.717, 1.165) is 98.8 Å². The monoisotopic (exact) mass is 703 g/mol. The molecular formula is C54H34O. The van der Waals surface area contributed by atoms with Crippen LogP contribution in [0.3, 0.4) is 0 Å². The van der Waals surface area contributed by atoms with Crippen LogP contribution in [-0.2, 0) is 0 Å². The molecule has 0 aliphatic rings. The van der Waals surface area contributed by atoms with E-state index >= 15 is 0 Å². The Balaban J connectivity index is 1.23. The van der Waals surface area contributed by atoms with E-state index in [2.05, 4.69) is 121 Å². The van der Waals surface area contributed by atoms with Crippen molar-refractivity contribution >= 4 is 54.3 Å². The number of hydrogen-bond donors (Lipinski definition) is 0.